The van der Waals surface area contributed by atoms with Crippen molar-refractivity contribution in [3.05, 3.63) is 41.5 Å². The molecule has 1 aliphatic heterocycles. The molecular formula is C15H21N. The first kappa shape index (κ1) is 11.4. The zero-order valence-corrected chi connectivity index (χ0v) is 10.2. The van der Waals surface area contributed by atoms with Gasteiger partial charge in [-0.2, -0.15) is 0 Å². The molecule has 1 fully saturated rings. The van der Waals surface area contributed by atoms with Crippen LogP contribution < -0.4 is 5.32 Å². The summed E-state index contributed by atoms with van der Waals surface area (Å²) in [5.41, 5.74) is 2.72. The largest absolute Gasteiger partial charge is 0.311 e. The van der Waals surface area contributed by atoms with Crippen molar-refractivity contribution in [3.8, 4) is 0 Å². The predicted molar refractivity (Wildman–Crippen MR) is 70.6 cm³/mol. The minimum atomic E-state index is 0.588. The maximum Gasteiger partial charge on any atom is 0.0253 e. The lowest BCUT2D eigenvalue weighted by Gasteiger charge is -2.05. The number of rotatable bonds is 3. The fourth-order valence-electron chi connectivity index (χ4n) is 2.10. The Hall–Kier alpha value is -1.08. The van der Waals surface area contributed by atoms with Crippen LogP contribution in [0.25, 0.3) is 6.08 Å². The Morgan fingerprint density at radius 1 is 1.25 bits per heavy atom. The number of benzene rings is 1. The van der Waals surface area contributed by atoms with E-state index in [-0.39, 0.29) is 0 Å². The summed E-state index contributed by atoms with van der Waals surface area (Å²) >= 11 is 0. The highest BCUT2D eigenvalue weighted by atomic mass is 14.9. The summed E-state index contributed by atoms with van der Waals surface area (Å²) in [6.07, 6.45) is 7.10. The van der Waals surface area contributed by atoms with E-state index in [1.54, 1.807) is 0 Å². The van der Waals surface area contributed by atoms with Crippen molar-refractivity contribution in [2.24, 2.45) is 0 Å². The zero-order valence-electron chi connectivity index (χ0n) is 10.2. The summed E-state index contributed by atoms with van der Waals surface area (Å²) in [6, 6.07) is 9.46. The van der Waals surface area contributed by atoms with Crippen LogP contribution in [0.4, 0.5) is 0 Å². The standard InChI is InChI=1S/C15H21N/c1-12(2)14-8-5-13(6-9-14)7-10-15-4-3-11-16-15/h5-10,12,15-16H,3-4,11H2,1-2H3/b10-7+. The van der Waals surface area contributed by atoms with Crippen LogP contribution >= 0.6 is 0 Å². The lowest BCUT2D eigenvalue weighted by Crippen LogP contribution is -2.17. The van der Waals surface area contributed by atoms with E-state index in [9.17, 15) is 0 Å². The van der Waals surface area contributed by atoms with Gasteiger partial charge in [0.15, 0.2) is 0 Å². The molecule has 86 valence electrons. The third kappa shape index (κ3) is 2.96. The van der Waals surface area contributed by atoms with E-state index in [4.69, 9.17) is 0 Å². The minimum Gasteiger partial charge on any atom is -0.311 e. The van der Waals surface area contributed by atoms with Crippen LogP contribution in [0, 0.1) is 0 Å². The van der Waals surface area contributed by atoms with Crippen LogP contribution in [-0.4, -0.2) is 12.6 Å². The van der Waals surface area contributed by atoms with Gasteiger partial charge in [0.05, 0.1) is 0 Å². The van der Waals surface area contributed by atoms with Crippen molar-refractivity contribution in [3.63, 3.8) is 0 Å². The van der Waals surface area contributed by atoms with Gasteiger partial charge in [-0.05, 0) is 36.4 Å². The molecule has 1 aliphatic rings. The maximum absolute atomic E-state index is 3.47. The van der Waals surface area contributed by atoms with Gasteiger partial charge in [0.2, 0.25) is 0 Å². The maximum atomic E-state index is 3.47. The van der Waals surface area contributed by atoms with Crippen molar-refractivity contribution in [2.45, 2.75) is 38.6 Å². The van der Waals surface area contributed by atoms with E-state index in [0.717, 1.165) is 0 Å². The smallest absolute Gasteiger partial charge is 0.0253 e. The van der Waals surface area contributed by atoms with E-state index in [0.29, 0.717) is 12.0 Å². The highest BCUT2D eigenvalue weighted by molar-refractivity contribution is 5.50. The molecule has 0 amide bonds. The molecule has 1 nitrogen and oxygen atoms in total. The summed E-state index contributed by atoms with van der Waals surface area (Å²) in [5.74, 6) is 0.620. The van der Waals surface area contributed by atoms with Gasteiger partial charge in [0.25, 0.3) is 0 Å². The van der Waals surface area contributed by atoms with Gasteiger partial charge in [-0.1, -0.05) is 50.3 Å². The third-order valence-corrected chi connectivity index (χ3v) is 3.22. The van der Waals surface area contributed by atoms with E-state index in [2.05, 4.69) is 55.6 Å². The van der Waals surface area contributed by atoms with Gasteiger partial charge in [0.1, 0.15) is 0 Å². The second kappa shape index (κ2) is 5.31. The van der Waals surface area contributed by atoms with E-state index >= 15 is 0 Å². The Labute approximate surface area is 98.6 Å². The third-order valence-electron chi connectivity index (χ3n) is 3.22. The van der Waals surface area contributed by atoms with Crippen molar-refractivity contribution in [1.82, 2.24) is 5.32 Å². The van der Waals surface area contributed by atoms with Crippen LogP contribution in [0.3, 0.4) is 0 Å². The van der Waals surface area contributed by atoms with Gasteiger partial charge >= 0.3 is 0 Å². The monoisotopic (exact) mass is 215 g/mol. The summed E-state index contributed by atoms with van der Waals surface area (Å²) < 4.78 is 0. The molecule has 1 saturated heterocycles. The molecular weight excluding hydrogens is 194 g/mol. The predicted octanol–water partition coefficient (Wildman–Crippen LogP) is 3.58. The van der Waals surface area contributed by atoms with Crippen LogP contribution in [-0.2, 0) is 0 Å². The molecule has 0 saturated carbocycles. The number of hydrogen-bond donors (Lipinski definition) is 1. The van der Waals surface area contributed by atoms with E-state index < -0.39 is 0 Å². The Morgan fingerprint density at radius 2 is 2.00 bits per heavy atom. The molecule has 16 heavy (non-hydrogen) atoms. The molecule has 0 radical (unpaired) electrons. The summed E-state index contributed by atoms with van der Waals surface area (Å²) in [4.78, 5) is 0. The Bertz CT molecular complexity index is 342. The van der Waals surface area contributed by atoms with Gasteiger partial charge in [-0.15, -0.1) is 0 Å². The van der Waals surface area contributed by atoms with Gasteiger partial charge < -0.3 is 5.32 Å². The van der Waals surface area contributed by atoms with Gasteiger partial charge in [0, 0.05) is 6.04 Å². The first-order valence-corrected chi connectivity index (χ1v) is 6.27. The molecule has 1 unspecified atom stereocenters. The molecule has 1 aromatic carbocycles. The fourth-order valence-corrected chi connectivity index (χ4v) is 2.10. The van der Waals surface area contributed by atoms with Gasteiger partial charge in [-0.25, -0.2) is 0 Å². The van der Waals surface area contributed by atoms with Crippen LogP contribution in [0.15, 0.2) is 30.3 Å². The number of hydrogen-bond acceptors (Lipinski definition) is 1. The second-order valence-corrected chi connectivity index (χ2v) is 4.88. The zero-order chi connectivity index (χ0) is 11.4. The molecule has 1 heteroatoms. The van der Waals surface area contributed by atoms with Crippen LogP contribution in [0.1, 0.15) is 43.7 Å². The van der Waals surface area contributed by atoms with Crippen molar-refractivity contribution >= 4 is 6.08 Å². The highest BCUT2D eigenvalue weighted by Crippen LogP contribution is 2.16. The quantitative estimate of drug-likeness (QED) is 0.812. The Morgan fingerprint density at radius 3 is 2.56 bits per heavy atom. The first-order chi connectivity index (χ1) is 7.75. The average Bonchev–Trinajstić information content (AvgIpc) is 2.80. The normalized spacial score (nSPS) is 21.1. The minimum absolute atomic E-state index is 0.588. The lowest BCUT2D eigenvalue weighted by molar-refractivity contribution is 0.730. The molecule has 0 bridgehead atoms. The van der Waals surface area contributed by atoms with Crippen molar-refractivity contribution < 1.29 is 0 Å². The van der Waals surface area contributed by atoms with Crippen molar-refractivity contribution in [1.29, 1.82) is 0 Å². The molecule has 0 aliphatic carbocycles. The van der Waals surface area contributed by atoms with Crippen LogP contribution in [0.5, 0.6) is 0 Å². The molecule has 1 N–H and O–H groups in total. The molecule has 1 atom stereocenters. The molecule has 1 heterocycles. The van der Waals surface area contributed by atoms with Crippen LogP contribution in [0.2, 0.25) is 0 Å². The highest BCUT2D eigenvalue weighted by Gasteiger charge is 2.09. The van der Waals surface area contributed by atoms with E-state index in [1.165, 1.54) is 30.5 Å². The average molecular weight is 215 g/mol. The molecule has 2 rings (SSSR count). The summed E-state index contributed by atoms with van der Waals surface area (Å²) in [5, 5.41) is 3.47. The first-order valence-electron chi connectivity index (χ1n) is 6.27. The molecule has 0 aromatic heterocycles. The number of nitrogens with one attached hydrogen (secondary N) is 1. The second-order valence-electron chi connectivity index (χ2n) is 4.88. The van der Waals surface area contributed by atoms with E-state index in [1.807, 2.05) is 0 Å². The molecule has 0 spiro atoms. The SMILES string of the molecule is CC(C)c1ccc(/C=C/C2CCCN2)cc1. The van der Waals surface area contributed by atoms with Gasteiger partial charge in [-0.3, -0.25) is 0 Å². The van der Waals surface area contributed by atoms with Crippen molar-refractivity contribution in [2.75, 3.05) is 6.54 Å². The topological polar surface area (TPSA) is 12.0 Å². The summed E-state index contributed by atoms with van der Waals surface area (Å²) in [6.45, 7) is 5.63. The molecule has 1 aromatic rings. The fraction of sp³-hybridized carbons (Fsp3) is 0.467. The lowest BCUT2D eigenvalue weighted by atomic mass is 10.0. The Balaban J connectivity index is 1.98. The summed E-state index contributed by atoms with van der Waals surface area (Å²) in [7, 11) is 0. The Kier molecular flexibility index (Phi) is 3.79.